The summed E-state index contributed by atoms with van der Waals surface area (Å²) in [6.07, 6.45) is 0. The summed E-state index contributed by atoms with van der Waals surface area (Å²) in [5.74, 6) is -0.556. The Kier molecular flexibility index (Phi) is 3.48. The molecule has 3 atom stereocenters. The molecule has 1 fully saturated rings. The van der Waals surface area contributed by atoms with Gasteiger partial charge in [-0.1, -0.05) is 41.9 Å². The second-order valence-corrected chi connectivity index (χ2v) is 7.86. The van der Waals surface area contributed by atoms with E-state index >= 15 is 0 Å². The summed E-state index contributed by atoms with van der Waals surface area (Å²) in [5, 5.41) is 8.96. The molecule has 0 heterocycles. The van der Waals surface area contributed by atoms with Gasteiger partial charge >= 0.3 is 0 Å². The average Bonchev–Trinajstić information content (AvgIpc) is 3.17. The predicted molar refractivity (Wildman–Crippen MR) is 84.1 cm³/mol. The van der Waals surface area contributed by atoms with Crippen LogP contribution in [-0.4, -0.2) is 19.2 Å². The lowest BCUT2D eigenvalue weighted by Gasteiger charge is -2.04. The van der Waals surface area contributed by atoms with Gasteiger partial charge in [0.15, 0.2) is 9.84 Å². The van der Waals surface area contributed by atoms with Gasteiger partial charge in [-0.3, -0.25) is 0 Å². The van der Waals surface area contributed by atoms with Crippen molar-refractivity contribution in [3.05, 3.63) is 65.2 Å². The topological polar surface area (TPSA) is 83.9 Å². The highest BCUT2D eigenvalue weighted by atomic mass is 35.5. The van der Waals surface area contributed by atoms with E-state index in [-0.39, 0.29) is 4.90 Å². The lowest BCUT2D eigenvalue weighted by atomic mass is 10.1. The molecule has 2 aromatic carbocycles. The van der Waals surface area contributed by atoms with Crippen molar-refractivity contribution in [2.45, 2.75) is 21.6 Å². The summed E-state index contributed by atoms with van der Waals surface area (Å²) in [6.45, 7) is 0. The molecule has 0 radical (unpaired) electrons. The van der Waals surface area contributed by atoms with Crippen LogP contribution in [-0.2, 0) is 9.84 Å². The Balaban J connectivity index is 2.04. The van der Waals surface area contributed by atoms with Gasteiger partial charge in [0, 0.05) is 10.9 Å². The first kappa shape index (κ1) is 15.0. The zero-order valence-electron chi connectivity index (χ0n) is 11.5. The Morgan fingerprint density at radius 1 is 1.09 bits per heavy atom. The number of benzene rings is 2. The first-order valence-corrected chi connectivity index (χ1v) is 8.58. The van der Waals surface area contributed by atoms with Crippen LogP contribution in [0, 0.1) is 11.3 Å². The number of halogens is 1. The third kappa shape index (κ3) is 2.20. The van der Waals surface area contributed by atoms with Gasteiger partial charge in [0.2, 0.25) is 0 Å². The van der Waals surface area contributed by atoms with Crippen molar-refractivity contribution < 1.29 is 8.42 Å². The Bertz CT molecular complexity index is 844. The molecule has 2 N–H and O–H groups in total. The molecule has 0 amide bonds. The molecule has 112 valence electrons. The molecule has 6 heteroatoms. The van der Waals surface area contributed by atoms with Crippen LogP contribution in [0.3, 0.4) is 0 Å². The SMILES string of the molecule is N#CC1(N)C(c2ccc(Cl)cc2)C1S(=O)(=O)c1ccccc1. The normalized spacial score (nSPS) is 27.1. The zero-order valence-corrected chi connectivity index (χ0v) is 13.1. The third-order valence-corrected chi connectivity index (χ3v) is 6.52. The van der Waals surface area contributed by atoms with Gasteiger partial charge in [-0.25, -0.2) is 8.42 Å². The number of hydrogen-bond donors (Lipinski definition) is 1. The van der Waals surface area contributed by atoms with Crippen molar-refractivity contribution in [3.8, 4) is 6.07 Å². The van der Waals surface area contributed by atoms with E-state index in [0.717, 1.165) is 0 Å². The monoisotopic (exact) mass is 332 g/mol. The molecule has 0 saturated heterocycles. The number of nitriles is 1. The smallest absolute Gasteiger partial charge is 0.184 e. The number of sulfone groups is 1. The maximum atomic E-state index is 12.8. The fourth-order valence-electron chi connectivity index (χ4n) is 2.82. The average molecular weight is 333 g/mol. The largest absolute Gasteiger partial charge is 0.312 e. The van der Waals surface area contributed by atoms with E-state index in [0.29, 0.717) is 10.6 Å². The Hall–Kier alpha value is -1.87. The van der Waals surface area contributed by atoms with Gasteiger partial charge in [0.1, 0.15) is 10.8 Å². The van der Waals surface area contributed by atoms with Crippen LogP contribution in [0.5, 0.6) is 0 Å². The number of hydrogen-bond acceptors (Lipinski definition) is 4. The lowest BCUT2D eigenvalue weighted by molar-refractivity contribution is 0.592. The summed E-state index contributed by atoms with van der Waals surface area (Å²) in [4.78, 5) is 0.182. The van der Waals surface area contributed by atoms with Crippen LogP contribution >= 0.6 is 11.6 Å². The predicted octanol–water partition coefficient (Wildman–Crippen LogP) is 2.50. The van der Waals surface area contributed by atoms with Crippen molar-refractivity contribution in [3.63, 3.8) is 0 Å². The maximum absolute atomic E-state index is 12.8. The molecule has 2 aromatic rings. The van der Waals surface area contributed by atoms with Gasteiger partial charge in [-0.05, 0) is 29.8 Å². The van der Waals surface area contributed by atoms with E-state index in [2.05, 4.69) is 0 Å². The minimum Gasteiger partial charge on any atom is -0.312 e. The highest BCUT2D eigenvalue weighted by Crippen LogP contribution is 2.55. The van der Waals surface area contributed by atoms with Crippen molar-refractivity contribution in [2.24, 2.45) is 5.73 Å². The standard InChI is InChI=1S/C16H13ClN2O2S/c17-12-8-6-11(7-9-12)14-15(16(14,19)10-18)22(20,21)13-4-2-1-3-5-13/h1-9,14-15H,19H2. The highest BCUT2D eigenvalue weighted by Gasteiger charge is 2.70. The van der Waals surface area contributed by atoms with E-state index < -0.39 is 26.5 Å². The molecule has 1 saturated carbocycles. The van der Waals surface area contributed by atoms with Crippen molar-refractivity contribution in [2.75, 3.05) is 0 Å². The van der Waals surface area contributed by atoms with Crippen molar-refractivity contribution in [1.29, 1.82) is 5.26 Å². The van der Waals surface area contributed by atoms with Gasteiger partial charge in [0.05, 0.1) is 11.0 Å². The molecule has 4 nitrogen and oxygen atoms in total. The summed E-state index contributed by atoms with van der Waals surface area (Å²) < 4.78 is 25.5. The molecule has 3 rings (SSSR count). The van der Waals surface area contributed by atoms with Gasteiger partial charge in [0.25, 0.3) is 0 Å². The van der Waals surface area contributed by atoms with Crippen LogP contribution in [0.4, 0.5) is 0 Å². The van der Waals surface area contributed by atoms with Gasteiger partial charge in [-0.2, -0.15) is 5.26 Å². The molecular formula is C16H13ClN2O2S. The van der Waals surface area contributed by atoms with Crippen LogP contribution in [0.25, 0.3) is 0 Å². The molecule has 0 aliphatic heterocycles. The molecule has 3 unspecified atom stereocenters. The number of rotatable bonds is 3. The number of nitrogens with zero attached hydrogens (tertiary/aromatic N) is 1. The van der Waals surface area contributed by atoms with Crippen LogP contribution in [0.15, 0.2) is 59.5 Å². The first-order chi connectivity index (χ1) is 10.4. The van der Waals surface area contributed by atoms with Crippen LogP contribution < -0.4 is 5.73 Å². The fourth-order valence-corrected chi connectivity index (χ4v) is 5.15. The lowest BCUT2D eigenvalue weighted by Crippen LogP contribution is -2.29. The van der Waals surface area contributed by atoms with Gasteiger partial charge in [-0.15, -0.1) is 0 Å². The molecule has 1 aliphatic rings. The second kappa shape index (κ2) is 5.10. The maximum Gasteiger partial charge on any atom is 0.184 e. The minimum atomic E-state index is -3.67. The third-order valence-electron chi connectivity index (χ3n) is 4.01. The van der Waals surface area contributed by atoms with E-state index in [9.17, 15) is 13.7 Å². The summed E-state index contributed by atoms with van der Waals surface area (Å²) in [7, 11) is -3.67. The molecule has 0 aromatic heterocycles. The Morgan fingerprint density at radius 3 is 2.23 bits per heavy atom. The molecule has 22 heavy (non-hydrogen) atoms. The Morgan fingerprint density at radius 2 is 1.68 bits per heavy atom. The molecular weight excluding hydrogens is 320 g/mol. The van der Waals surface area contributed by atoms with Crippen LogP contribution in [0.2, 0.25) is 5.02 Å². The Labute approximate surface area is 134 Å². The summed E-state index contributed by atoms with van der Waals surface area (Å²) in [6, 6.07) is 16.8. The fraction of sp³-hybridized carbons (Fsp3) is 0.188. The number of nitrogens with two attached hydrogens (primary N) is 1. The van der Waals surface area contributed by atoms with E-state index in [4.69, 9.17) is 17.3 Å². The minimum absolute atomic E-state index is 0.182. The van der Waals surface area contributed by atoms with E-state index in [1.165, 1.54) is 12.1 Å². The molecule has 1 aliphatic carbocycles. The van der Waals surface area contributed by atoms with E-state index in [1.54, 1.807) is 42.5 Å². The zero-order chi connectivity index (χ0) is 16.0. The quantitative estimate of drug-likeness (QED) is 0.936. The highest BCUT2D eigenvalue weighted by molar-refractivity contribution is 7.92. The van der Waals surface area contributed by atoms with Gasteiger partial charge < -0.3 is 5.73 Å². The molecule has 0 spiro atoms. The van der Waals surface area contributed by atoms with Crippen molar-refractivity contribution in [1.82, 2.24) is 0 Å². The first-order valence-electron chi connectivity index (χ1n) is 6.66. The second-order valence-electron chi connectivity index (χ2n) is 5.35. The summed E-state index contributed by atoms with van der Waals surface area (Å²) in [5.41, 5.74) is 5.35. The van der Waals surface area contributed by atoms with Crippen molar-refractivity contribution >= 4 is 21.4 Å². The molecule has 0 bridgehead atoms. The van der Waals surface area contributed by atoms with Crippen LogP contribution in [0.1, 0.15) is 11.5 Å². The summed E-state index contributed by atoms with van der Waals surface area (Å²) >= 11 is 5.85. The van der Waals surface area contributed by atoms with E-state index in [1.807, 2.05) is 6.07 Å².